The Hall–Kier alpha value is -1.80. The van der Waals surface area contributed by atoms with E-state index in [0.717, 1.165) is 12.2 Å². The average molecular weight is 268 g/mol. The second-order valence-electron chi connectivity index (χ2n) is 5.76. The van der Waals surface area contributed by atoms with Crippen molar-refractivity contribution in [3.05, 3.63) is 65.7 Å². The molecule has 0 saturated carbocycles. The van der Waals surface area contributed by atoms with Gasteiger partial charge in [-0.05, 0) is 36.2 Å². The molecule has 0 saturated heterocycles. The van der Waals surface area contributed by atoms with Crippen molar-refractivity contribution in [1.29, 1.82) is 0 Å². The minimum Gasteiger partial charge on any atom is -0.399 e. The Morgan fingerprint density at radius 3 is 2.30 bits per heavy atom. The number of nitrogens with zero attached hydrogens (tertiary/aromatic N) is 1. The lowest BCUT2D eigenvalue weighted by atomic mass is 9.94. The van der Waals surface area contributed by atoms with Gasteiger partial charge in [-0.15, -0.1) is 0 Å². The van der Waals surface area contributed by atoms with Crippen molar-refractivity contribution < 1.29 is 0 Å². The van der Waals surface area contributed by atoms with Crippen molar-refractivity contribution in [2.45, 2.75) is 26.4 Å². The van der Waals surface area contributed by atoms with Gasteiger partial charge in [0.1, 0.15) is 0 Å². The highest BCUT2D eigenvalue weighted by Gasteiger charge is 2.20. The van der Waals surface area contributed by atoms with Gasteiger partial charge in [-0.2, -0.15) is 0 Å². The highest BCUT2D eigenvalue weighted by Crippen LogP contribution is 2.28. The summed E-state index contributed by atoms with van der Waals surface area (Å²) in [7, 11) is 2.18. The predicted molar refractivity (Wildman–Crippen MR) is 86.3 cm³/mol. The molecule has 0 radical (unpaired) electrons. The minimum absolute atomic E-state index is 0.414. The average Bonchev–Trinajstić information content (AvgIpc) is 2.39. The van der Waals surface area contributed by atoms with Gasteiger partial charge in [0, 0.05) is 18.3 Å². The predicted octanol–water partition coefficient (Wildman–Crippen LogP) is 4.10. The van der Waals surface area contributed by atoms with E-state index in [1.165, 1.54) is 11.1 Å². The first-order valence-corrected chi connectivity index (χ1v) is 7.17. The fourth-order valence-corrected chi connectivity index (χ4v) is 2.88. The van der Waals surface area contributed by atoms with Gasteiger partial charge in [0.05, 0.1) is 0 Å². The summed E-state index contributed by atoms with van der Waals surface area (Å²) in [5, 5.41) is 0. The van der Waals surface area contributed by atoms with E-state index < -0.39 is 0 Å². The third-order valence-corrected chi connectivity index (χ3v) is 3.63. The van der Waals surface area contributed by atoms with Crippen LogP contribution < -0.4 is 5.73 Å². The minimum atomic E-state index is 0.414. The molecular formula is C18H24N2. The van der Waals surface area contributed by atoms with Crippen molar-refractivity contribution in [2.24, 2.45) is 5.92 Å². The van der Waals surface area contributed by atoms with Gasteiger partial charge in [-0.3, -0.25) is 4.90 Å². The van der Waals surface area contributed by atoms with Crippen LogP contribution in [-0.4, -0.2) is 11.9 Å². The number of hydrogen-bond donors (Lipinski definition) is 1. The van der Waals surface area contributed by atoms with E-state index in [4.69, 9.17) is 5.73 Å². The SMILES string of the molecule is CC(C)C(c1ccccc1)N(C)Cc1cccc(N)c1. The standard InChI is InChI=1S/C18H24N2/c1-14(2)18(16-9-5-4-6-10-16)20(3)13-15-8-7-11-17(19)12-15/h4-12,14,18H,13,19H2,1-3H3. The van der Waals surface area contributed by atoms with Gasteiger partial charge in [-0.25, -0.2) is 0 Å². The molecule has 0 aliphatic carbocycles. The summed E-state index contributed by atoms with van der Waals surface area (Å²) in [5.74, 6) is 0.559. The van der Waals surface area contributed by atoms with Crippen molar-refractivity contribution in [1.82, 2.24) is 4.90 Å². The number of nitrogens with two attached hydrogens (primary N) is 1. The van der Waals surface area contributed by atoms with Gasteiger partial charge in [0.25, 0.3) is 0 Å². The molecule has 2 nitrogen and oxygen atoms in total. The van der Waals surface area contributed by atoms with E-state index >= 15 is 0 Å². The molecule has 0 aliphatic heterocycles. The smallest absolute Gasteiger partial charge is 0.0371 e. The summed E-state index contributed by atoms with van der Waals surface area (Å²) in [6.07, 6.45) is 0. The molecule has 0 fully saturated rings. The molecule has 106 valence electrons. The van der Waals surface area contributed by atoms with Crippen molar-refractivity contribution in [3.63, 3.8) is 0 Å². The second kappa shape index (κ2) is 6.58. The molecule has 0 bridgehead atoms. The maximum Gasteiger partial charge on any atom is 0.0371 e. The quantitative estimate of drug-likeness (QED) is 0.827. The zero-order chi connectivity index (χ0) is 14.5. The van der Waals surface area contributed by atoms with Crippen LogP contribution in [0.5, 0.6) is 0 Å². The Balaban J connectivity index is 2.18. The first-order chi connectivity index (χ1) is 9.58. The molecule has 20 heavy (non-hydrogen) atoms. The normalized spacial score (nSPS) is 12.8. The Morgan fingerprint density at radius 2 is 1.70 bits per heavy atom. The molecule has 0 spiro atoms. The Kier molecular flexibility index (Phi) is 4.80. The number of nitrogen functional groups attached to an aromatic ring is 1. The number of rotatable bonds is 5. The summed E-state index contributed by atoms with van der Waals surface area (Å²) < 4.78 is 0. The summed E-state index contributed by atoms with van der Waals surface area (Å²) in [4.78, 5) is 2.40. The first-order valence-electron chi connectivity index (χ1n) is 7.17. The summed E-state index contributed by atoms with van der Waals surface area (Å²) in [5.41, 5.74) is 9.32. The molecule has 0 aromatic heterocycles. The van der Waals surface area contributed by atoms with Crippen LogP contribution in [0.15, 0.2) is 54.6 Å². The highest BCUT2D eigenvalue weighted by molar-refractivity contribution is 5.40. The molecular weight excluding hydrogens is 244 g/mol. The summed E-state index contributed by atoms with van der Waals surface area (Å²) in [6, 6.07) is 19.3. The topological polar surface area (TPSA) is 29.3 Å². The number of hydrogen-bond acceptors (Lipinski definition) is 2. The third kappa shape index (κ3) is 3.61. The molecule has 1 unspecified atom stereocenters. The molecule has 2 aromatic rings. The van der Waals surface area contributed by atoms with E-state index in [2.05, 4.69) is 68.3 Å². The Labute approximate surface area is 122 Å². The summed E-state index contributed by atoms with van der Waals surface area (Å²) in [6.45, 7) is 5.45. The van der Waals surface area contributed by atoms with Crippen LogP contribution in [-0.2, 0) is 6.54 Å². The van der Waals surface area contributed by atoms with Crippen LogP contribution in [0.4, 0.5) is 5.69 Å². The fraction of sp³-hybridized carbons (Fsp3) is 0.333. The molecule has 2 heteroatoms. The van der Waals surface area contributed by atoms with Crippen molar-refractivity contribution >= 4 is 5.69 Å². The monoisotopic (exact) mass is 268 g/mol. The van der Waals surface area contributed by atoms with Crippen molar-refractivity contribution in [3.8, 4) is 0 Å². The maximum atomic E-state index is 5.86. The van der Waals surface area contributed by atoms with Gasteiger partial charge in [0.2, 0.25) is 0 Å². The number of anilines is 1. The second-order valence-corrected chi connectivity index (χ2v) is 5.76. The van der Waals surface area contributed by atoms with Crippen LogP contribution in [0, 0.1) is 5.92 Å². The fourth-order valence-electron chi connectivity index (χ4n) is 2.88. The van der Waals surface area contributed by atoms with E-state index in [1.54, 1.807) is 0 Å². The highest BCUT2D eigenvalue weighted by atomic mass is 15.1. The molecule has 0 aliphatic rings. The molecule has 1 atom stereocenters. The largest absolute Gasteiger partial charge is 0.399 e. The van der Waals surface area contributed by atoms with Gasteiger partial charge in [-0.1, -0.05) is 56.3 Å². The first kappa shape index (κ1) is 14.6. The molecule has 2 aromatic carbocycles. The lowest BCUT2D eigenvalue weighted by Gasteiger charge is -2.32. The number of benzene rings is 2. The van der Waals surface area contributed by atoms with Crippen LogP contribution in [0.2, 0.25) is 0 Å². The molecule has 0 amide bonds. The molecule has 0 heterocycles. The van der Waals surface area contributed by atoms with E-state index in [-0.39, 0.29) is 0 Å². The summed E-state index contributed by atoms with van der Waals surface area (Å²) >= 11 is 0. The van der Waals surface area contributed by atoms with E-state index in [1.807, 2.05) is 12.1 Å². The Morgan fingerprint density at radius 1 is 1.00 bits per heavy atom. The van der Waals surface area contributed by atoms with Crippen LogP contribution >= 0.6 is 0 Å². The van der Waals surface area contributed by atoms with E-state index in [9.17, 15) is 0 Å². The molecule has 2 N–H and O–H groups in total. The lowest BCUT2D eigenvalue weighted by molar-refractivity contribution is 0.186. The zero-order valence-corrected chi connectivity index (χ0v) is 12.6. The van der Waals surface area contributed by atoms with E-state index in [0.29, 0.717) is 12.0 Å². The van der Waals surface area contributed by atoms with Crippen LogP contribution in [0.3, 0.4) is 0 Å². The van der Waals surface area contributed by atoms with Gasteiger partial charge >= 0.3 is 0 Å². The van der Waals surface area contributed by atoms with Crippen LogP contribution in [0.1, 0.15) is 31.0 Å². The lowest BCUT2D eigenvalue weighted by Crippen LogP contribution is -2.28. The van der Waals surface area contributed by atoms with Crippen molar-refractivity contribution in [2.75, 3.05) is 12.8 Å². The third-order valence-electron chi connectivity index (χ3n) is 3.63. The van der Waals surface area contributed by atoms with Gasteiger partial charge in [0.15, 0.2) is 0 Å². The maximum absolute atomic E-state index is 5.86. The Bertz CT molecular complexity index is 534. The van der Waals surface area contributed by atoms with Crippen LogP contribution in [0.25, 0.3) is 0 Å². The molecule has 2 rings (SSSR count). The van der Waals surface area contributed by atoms with Gasteiger partial charge < -0.3 is 5.73 Å². The zero-order valence-electron chi connectivity index (χ0n) is 12.6.